The first-order chi connectivity index (χ1) is 9.54. The Labute approximate surface area is 122 Å². The van der Waals surface area contributed by atoms with Gasteiger partial charge in [0.1, 0.15) is 0 Å². The maximum Gasteiger partial charge on any atom is 0.335 e. The van der Waals surface area contributed by atoms with Crippen LogP contribution in [-0.4, -0.2) is 23.7 Å². The first-order valence-corrected chi connectivity index (χ1v) is 6.43. The van der Waals surface area contributed by atoms with Crippen LogP contribution in [0.25, 0.3) is 0 Å². The lowest BCUT2D eigenvalue weighted by molar-refractivity contribution is 0.0697. The van der Waals surface area contributed by atoms with E-state index in [1.165, 1.54) is 18.2 Å². The summed E-state index contributed by atoms with van der Waals surface area (Å²) in [6.07, 6.45) is 7.41. The van der Waals surface area contributed by atoms with Gasteiger partial charge < -0.3 is 15.7 Å². The second kappa shape index (κ2) is 8.08. The molecule has 1 rings (SSSR count). The van der Waals surface area contributed by atoms with Crippen LogP contribution >= 0.6 is 11.6 Å². The molecule has 5 nitrogen and oxygen atoms in total. The molecule has 0 heterocycles. The fourth-order valence-corrected chi connectivity index (χ4v) is 1.64. The van der Waals surface area contributed by atoms with Gasteiger partial charge in [-0.25, -0.2) is 9.59 Å². The summed E-state index contributed by atoms with van der Waals surface area (Å²) in [5.41, 5.74) is 0.311. The van der Waals surface area contributed by atoms with E-state index in [4.69, 9.17) is 23.1 Å². The normalized spacial score (nSPS) is 9.60. The Hall–Kier alpha value is -2.19. The Morgan fingerprint density at radius 1 is 1.35 bits per heavy atom. The van der Waals surface area contributed by atoms with Gasteiger partial charge >= 0.3 is 12.0 Å². The highest BCUT2D eigenvalue weighted by molar-refractivity contribution is 6.33. The molecule has 0 aromatic heterocycles. The van der Waals surface area contributed by atoms with Gasteiger partial charge in [0, 0.05) is 13.0 Å². The van der Waals surface area contributed by atoms with E-state index in [1.54, 1.807) is 0 Å². The van der Waals surface area contributed by atoms with Crippen molar-refractivity contribution in [2.45, 2.75) is 19.3 Å². The van der Waals surface area contributed by atoms with Crippen molar-refractivity contribution in [1.29, 1.82) is 0 Å². The number of aromatic carboxylic acids is 1. The van der Waals surface area contributed by atoms with Crippen molar-refractivity contribution in [2.24, 2.45) is 0 Å². The van der Waals surface area contributed by atoms with E-state index in [2.05, 4.69) is 16.6 Å². The van der Waals surface area contributed by atoms with Crippen LogP contribution in [0.1, 0.15) is 29.6 Å². The lowest BCUT2D eigenvalue weighted by Gasteiger charge is -2.09. The molecule has 0 aliphatic heterocycles. The molecular weight excluding hydrogens is 280 g/mol. The fourth-order valence-electron chi connectivity index (χ4n) is 1.47. The van der Waals surface area contributed by atoms with Crippen molar-refractivity contribution >= 4 is 29.3 Å². The van der Waals surface area contributed by atoms with E-state index in [1.807, 2.05) is 0 Å². The Balaban J connectivity index is 2.51. The number of hydrogen-bond acceptors (Lipinski definition) is 2. The Morgan fingerprint density at radius 3 is 2.75 bits per heavy atom. The average Bonchev–Trinajstić information content (AvgIpc) is 2.40. The maximum atomic E-state index is 11.6. The van der Waals surface area contributed by atoms with Crippen LogP contribution in [0.4, 0.5) is 10.5 Å². The van der Waals surface area contributed by atoms with Gasteiger partial charge in [-0.3, -0.25) is 0 Å². The van der Waals surface area contributed by atoms with E-state index in [0.717, 1.165) is 12.8 Å². The molecule has 0 aliphatic carbocycles. The molecule has 0 saturated carbocycles. The van der Waals surface area contributed by atoms with Crippen LogP contribution in [0.3, 0.4) is 0 Å². The highest BCUT2D eigenvalue weighted by Crippen LogP contribution is 2.22. The zero-order chi connectivity index (χ0) is 15.0. The zero-order valence-electron chi connectivity index (χ0n) is 10.8. The Kier molecular flexibility index (Phi) is 6.41. The van der Waals surface area contributed by atoms with Crippen LogP contribution in [0.15, 0.2) is 18.2 Å². The molecule has 6 heteroatoms. The quantitative estimate of drug-likeness (QED) is 0.557. The lowest BCUT2D eigenvalue weighted by atomic mass is 10.2. The zero-order valence-corrected chi connectivity index (χ0v) is 11.5. The van der Waals surface area contributed by atoms with E-state index in [9.17, 15) is 9.59 Å². The standard InChI is InChI=1S/C14H15ClN2O3/c1-2-3-4-5-8-16-14(20)17-12-9-10(13(18)19)6-7-11(12)15/h1,6-7,9H,3-5,8H2,(H,18,19)(H2,16,17,20). The number of unbranched alkanes of at least 4 members (excludes halogenated alkanes) is 2. The van der Waals surface area contributed by atoms with Crippen LogP contribution < -0.4 is 10.6 Å². The van der Waals surface area contributed by atoms with Gasteiger partial charge in [-0.05, 0) is 31.0 Å². The fraction of sp³-hybridized carbons (Fsp3) is 0.286. The molecule has 1 aromatic carbocycles. The number of carboxylic acids is 1. The summed E-state index contributed by atoms with van der Waals surface area (Å²) in [6.45, 7) is 0.490. The van der Waals surface area contributed by atoms with Crippen molar-refractivity contribution in [2.75, 3.05) is 11.9 Å². The first kappa shape index (κ1) is 15.9. The van der Waals surface area contributed by atoms with Crippen LogP contribution in [0.2, 0.25) is 5.02 Å². The number of benzene rings is 1. The largest absolute Gasteiger partial charge is 0.478 e. The van der Waals surface area contributed by atoms with E-state index in [-0.39, 0.29) is 16.3 Å². The topological polar surface area (TPSA) is 78.4 Å². The number of urea groups is 1. The highest BCUT2D eigenvalue weighted by atomic mass is 35.5. The molecule has 3 N–H and O–H groups in total. The Bertz CT molecular complexity index is 538. The lowest BCUT2D eigenvalue weighted by Crippen LogP contribution is -2.29. The van der Waals surface area contributed by atoms with Crippen molar-refractivity contribution in [3.05, 3.63) is 28.8 Å². The van der Waals surface area contributed by atoms with Crippen molar-refractivity contribution < 1.29 is 14.7 Å². The number of hydrogen-bond donors (Lipinski definition) is 3. The molecule has 0 bridgehead atoms. The number of carbonyl (C=O) groups is 2. The number of amides is 2. The van der Waals surface area contributed by atoms with Crippen molar-refractivity contribution in [3.8, 4) is 12.3 Å². The summed E-state index contributed by atoms with van der Waals surface area (Å²) in [6, 6.07) is 3.67. The molecule has 106 valence electrons. The van der Waals surface area contributed by atoms with Gasteiger partial charge in [-0.1, -0.05) is 11.6 Å². The minimum atomic E-state index is -1.08. The third kappa shape index (κ3) is 5.21. The van der Waals surface area contributed by atoms with Crippen molar-refractivity contribution in [3.63, 3.8) is 0 Å². The molecule has 0 unspecified atom stereocenters. The van der Waals surface area contributed by atoms with Crippen LogP contribution in [0, 0.1) is 12.3 Å². The summed E-state index contributed by atoms with van der Waals surface area (Å²) in [7, 11) is 0. The molecule has 2 amide bonds. The molecule has 0 atom stereocenters. The minimum Gasteiger partial charge on any atom is -0.478 e. The third-order valence-corrected chi connectivity index (χ3v) is 2.82. The summed E-state index contributed by atoms with van der Waals surface area (Å²) in [5.74, 6) is 1.43. The van der Waals surface area contributed by atoms with Gasteiger partial charge in [0.2, 0.25) is 0 Å². The predicted octanol–water partition coefficient (Wildman–Crippen LogP) is 2.96. The molecule has 0 aliphatic rings. The summed E-state index contributed by atoms with van der Waals surface area (Å²) < 4.78 is 0. The number of rotatable bonds is 6. The summed E-state index contributed by atoms with van der Waals surface area (Å²) in [4.78, 5) is 22.4. The Morgan fingerprint density at radius 2 is 2.10 bits per heavy atom. The SMILES string of the molecule is C#CCCCCNC(=O)Nc1cc(C(=O)O)ccc1Cl. The smallest absolute Gasteiger partial charge is 0.335 e. The van der Waals surface area contributed by atoms with Gasteiger partial charge in [0.05, 0.1) is 16.3 Å². The summed E-state index contributed by atoms with van der Waals surface area (Å²) in [5, 5.41) is 14.3. The number of nitrogens with one attached hydrogen (secondary N) is 2. The van der Waals surface area contributed by atoms with E-state index < -0.39 is 12.0 Å². The first-order valence-electron chi connectivity index (χ1n) is 6.05. The molecule has 0 spiro atoms. The highest BCUT2D eigenvalue weighted by Gasteiger charge is 2.09. The average molecular weight is 295 g/mol. The number of terminal acetylenes is 1. The number of carbonyl (C=O) groups excluding carboxylic acids is 1. The number of carboxylic acid groups (broad SMARTS) is 1. The second-order valence-corrected chi connectivity index (χ2v) is 4.45. The molecule has 0 fully saturated rings. The second-order valence-electron chi connectivity index (χ2n) is 4.04. The number of halogens is 1. The van der Waals surface area contributed by atoms with Gasteiger partial charge in [0.15, 0.2) is 0 Å². The molecule has 0 radical (unpaired) electrons. The van der Waals surface area contributed by atoms with Crippen LogP contribution in [-0.2, 0) is 0 Å². The predicted molar refractivity (Wildman–Crippen MR) is 78.1 cm³/mol. The van der Waals surface area contributed by atoms with Gasteiger partial charge in [0.25, 0.3) is 0 Å². The van der Waals surface area contributed by atoms with Gasteiger partial charge in [-0.2, -0.15) is 0 Å². The van der Waals surface area contributed by atoms with E-state index in [0.29, 0.717) is 13.0 Å². The summed E-state index contributed by atoms with van der Waals surface area (Å²) >= 11 is 5.89. The number of anilines is 1. The molecule has 1 aromatic rings. The molecule has 0 saturated heterocycles. The van der Waals surface area contributed by atoms with E-state index >= 15 is 0 Å². The van der Waals surface area contributed by atoms with Crippen LogP contribution in [0.5, 0.6) is 0 Å². The third-order valence-electron chi connectivity index (χ3n) is 2.49. The molecule has 20 heavy (non-hydrogen) atoms. The maximum absolute atomic E-state index is 11.6. The van der Waals surface area contributed by atoms with Gasteiger partial charge in [-0.15, -0.1) is 12.3 Å². The van der Waals surface area contributed by atoms with Crippen molar-refractivity contribution in [1.82, 2.24) is 5.32 Å². The molecular formula is C14H15ClN2O3. The monoisotopic (exact) mass is 294 g/mol. The minimum absolute atomic E-state index is 0.0544.